The molecule has 8 heteroatoms. The molecule has 3 heterocycles. The predicted molar refractivity (Wildman–Crippen MR) is 105 cm³/mol. The van der Waals surface area contributed by atoms with Gasteiger partial charge in [-0.25, -0.2) is 8.42 Å². The number of hydrogen-bond donors (Lipinski definition) is 1. The number of carbonyl (C=O) groups excluding carboxylic acids is 1. The Morgan fingerprint density at radius 3 is 2.56 bits per heavy atom. The number of carbonyl (C=O) groups is 1. The molecule has 150 valence electrons. The van der Waals surface area contributed by atoms with Gasteiger partial charge in [-0.2, -0.15) is 4.31 Å². The molecule has 0 aromatic carbocycles. The molecular weight excluding hydrogens is 364 g/mol. The van der Waals surface area contributed by atoms with Gasteiger partial charge in [-0.1, -0.05) is 12.8 Å². The molecule has 0 radical (unpaired) electrons. The van der Waals surface area contributed by atoms with Gasteiger partial charge in [0.25, 0.3) is 5.91 Å². The minimum atomic E-state index is -3.23. The number of piperidine rings is 1. The van der Waals surface area contributed by atoms with Crippen LogP contribution in [0.15, 0.2) is 24.5 Å². The van der Waals surface area contributed by atoms with Crippen LogP contribution in [0.3, 0.4) is 0 Å². The van der Waals surface area contributed by atoms with E-state index in [4.69, 9.17) is 0 Å². The van der Waals surface area contributed by atoms with E-state index in [9.17, 15) is 13.2 Å². The van der Waals surface area contributed by atoms with Gasteiger partial charge in [-0.05, 0) is 50.4 Å². The van der Waals surface area contributed by atoms with Crippen LogP contribution in [-0.4, -0.2) is 73.5 Å². The Bertz CT molecular complexity index is 697. The molecule has 0 atom stereocenters. The molecule has 2 aliphatic heterocycles. The number of rotatable bonds is 7. The molecule has 0 aliphatic carbocycles. The summed E-state index contributed by atoms with van der Waals surface area (Å²) in [5, 5.41) is 3.36. The van der Waals surface area contributed by atoms with E-state index in [-0.39, 0.29) is 11.7 Å². The number of sulfonamides is 1. The van der Waals surface area contributed by atoms with Crippen LogP contribution < -0.4 is 5.32 Å². The van der Waals surface area contributed by atoms with Crippen molar-refractivity contribution in [1.29, 1.82) is 0 Å². The molecule has 2 saturated heterocycles. The van der Waals surface area contributed by atoms with E-state index < -0.39 is 10.0 Å². The van der Waals surface area contributed by atoms with Crippen molar-refractivity contribution in [2.45, 2.75) is 32.1 Å². The average molecular weight is 395 g/mol. The fourth-order valence-electron chi connectivity index (χ4n) is 3.86. The van der Waals surface area contributed by atoms with Gasteiger partial charge in [-0.3, -0.25) is 9.78 Å². The van der Waals surface area contributed by atoms with E-state index in [1.165, 1.54) is 12.8 Å². The molecule has 0 saturated carbocycles. The Kier molecular flexibility index (Phi) is 7.20. The lowest BCUT2D eigenvalue weighted by atomic mass is 9.93. The van der Waals surface area contributed by atoms with E-state index in [2.05, 4.69) is 10.3 Å². The largest absolute Gasteiger partial charge is 0.336 e. The monoisotopic (exact) mass is 394 g/mol. The summed E-state index contributed by atoms with van der Waals surface area (Å²) in [5.74, 6) is 0.882. The van der Waals surface area contributed by atoms with Gasteiger partial charge in [0.1, 0.15) is 0 Å². The molecule has 1 aromatic heterocycles. The first-order valence-corrected chi connectivity index (χ1v) is 11.5. The predicted octanol–water partition coefficient (Wildman–Crippen LogP) is 1.34. The summed E-state index contributed by atoms with van der Waals surface area (Å²) in [6, 6.07) is 3.47. The van der Waals surface area contributed by atoms with Crippen LogP contribution >= 0.6 is 0 Å². The molecule has 1 amide bonds. The van der Waals surface area contributed by atoms with Crippen molar-refractivity contribution >= 4 is 15.9 Å². The van der Waals surface area contributed by atoms with Gasteiger partial charge in [0.2, 0.25) is 10.0 Å². The van der Waals surface area contributed by atoms with Crippen LogP contribution in [0.25, 0.3) is 0 Å². The first kappa shape index (κ1) is 20.2. The van der Waals surface area contributed by atoms with Gasteiger partial charge in [0.05, 0.1) is 11.3 Å². The summed E-state index contributed by atoms with van der Waals surface area (Å²) in [6.07, 6.45) is 8.43. The Hall–Kier alpha value is -1.51. The summed E-state index contributed by atoms with van der Waals surface area (Å²) in [7, 11) is -3.23. The lowest BCUT2D eigenvalue weighted by Gasteiger charge is -2.34. The lowest BCUT2D eigenvalue weighted by Crippen LogP contribution is -2.51. The van der Waals surface area contributed by atoms with Gasteiger partial charge in [0, 0.05) is 38.6 Å². The first-order chi connectivity index (χ1) is 13.1. The van der Waals surface area contributed by atoms with Crippen molar-refractivity contribution in [1.82, 2.24) is 19.5 Å². The maximum atomic E-state index is 12.6. The SMILES string of the molecule is O=C(c1cccnc1)N1CCN(S(=O)(=O)CCCCC2CCNCC2)CC1. The molecule has 2 aliphatic rings. The van der Waals surface area contributed by atoms with E-state index in [0.717, 1.165) is 38.3 Å². The average Bonchev–Trinajstić information content (AvgIpc) is 2.72. The number of amides is 1. The summed E-state index contributed by atoms with van der Waals surface area (Å²) >= 11 is 0. The lowest BCUT2D eigenvalue weighted by molar-refractivity contribution is 0.0697. The third kappa shape index (κ3) is 5.73. The minimum Gasteiger partial charge on any atom is -0.336 e. The number of nitrogens with zero attached hydrogens (tertiary/aromatic N) is 3. The van der Waals surface area contributed by atoms with E-state index in [1.54, 1.807) is 33.7 Å². The zero-order chi connectivity index (χ0) is 19.1. The smallest absolute Gasteiger partial charge is 0.255 e. The molecule has 3 rings (SSSR count). The highest BCUT2D eigenvalue weighted by molar-refractivity contribution is 7.89. The molecule has 27 heavy (non-hydrogen) atoms. The topological polar surface area (TPSA) is 82.6 Å². The number of unbranched alkanes of at least 4 members (excludes halogenated alkanes) is 1. The second-order valence-corrected chi connectivity index (χ2v) is 9.53. The normalized spacial score (nSPS) is 19.9. The van der Waals surface area contributed by atoms with Crippen LogP contribution in [0.1, 0.15) is 42.5 Å². The molecular formula is C19H30N4O3S. The Balaban J connectivity index is 1.40. The number of nitrogens with one attached hydrogen (secondary N) is 1. The highest BCUT2D eigenvalue weighted by Crippen LogP contribution is 2.19. The quantitative estimate of drug-likeness (QED) is 0.706. The summed E-state index contributed by atoms with van der Waals surface area (Å²) in [4.78, 5) is 18.1. The Morgan fingerprint density at radius 2 is 1.89 bits per heavy atom. The van der Waals surface area contributed by atoms with E-state index in [0.29, 0.717) is 31.7 Å². The van der Waals surface area contributed by atoms with Crippen molar-refractivity contribution in [3.63, 3.8) is 0 Å². The van der Waals surface area contributed by atoms with Crippen molar-refractivity contribution in [2.24, 2.45) is 5.92 Å². The van der Waals surface area contributed by atoms with Crippen LogP contribution in [0.5, 0.6) is 0 Å². The van der Waals surface area contributed by atoms with Crippen molar-refractivity contribution in [2.75, 3.05) is 45.0 Å². The van der Waals surface area contributed by atoms with Crippen molar-refractivity contribution < 1.29 is 13.2 Å². The third-order valence-corrected chi connectivity index (χ3v) is 7.51. The second kappa shape index (κ2) is 9.61. The highest BCUT2D eigenvalue weighted by atomic mass is 32.2. The van der Waals surface area contributed by atoms with Gasteiger partial charge in [-0.15, -0.1) is 0 Å². The van der Waals surface area contributed by atoms with Crippen molar-refractivity contribution in [3.05, 3.63) is 30.1 Å². The summed E-state index contributed by atoms with van der Waals surface area (Å²) in [6.45, 7) is 3.80. The van der Waals surface area contributed by atoms with E-state index >= 15 is 0 Å². The summed E-state index contributed by atoms with van der Waals surface area (Å²) in [5.41, 5.74) is 0.548. The molecule has 1 aromatic rings. The maximum Gasteiger partial charge on any atom is 0.255 e. The molecule has 1 N–H and O–H groups in total. The number of aromatic nitrogens is 1. The fourth-order valence-corrected chi connectivity index (χ4v) is 5.40. The second-order valence-electron chi connectivity index (χ2n) is 7.44. The maximum absolute atomic E-state index is 12.6. The number of pyridine rings is 1. The Morgan fingerprint density at radius 1 is 1.15 bits per heavy atom. The fraction of sp³-hybridized carbons (Fsp3) is 0.684. The van der Waals surface area contributed by atoms with Crippen LogP contribution in [-0.2, 0) is 10.0 Å². The zero-order valence-electron chi connectivity index (χ0n) is 15.8. The van der Waals surface area contributed by atoms with Crippen molar-refractivity contribution in [3.8, 4) is 0 Å². The zero-order valence-corrected chi connectivity index (χ0v) is 16.7. The van der Waals surface area contributed by atoms with Gasteiger partial charge < -0.3 is 10.2 Å². The summed E-state index contributed by atoms with van der Waals surface area (Å²) < 4.78 is 26.7. The Labute approximate surface area is 162 Å². The van der Waals surface area contributed by atoms with E-state index in [1.807, 2.05) is 0 Å². The minimum absolute atomic E-state index is 0.0814. The van der Waals surface area contributed by atoms with Crippen LogP contribution in [0.2, 0.25) is 0 Å². The highest BCUT2D eigenvalue weighted by Gasteiger charge is 2.29. The standard InChI is InChI=1S/C19H30N4O3S/c24-19(18-5-3-8-21-16-18)22-11-13-23(14-12-22)27(25,26)15-2-1-4-17-6-9-20-10-7-17/h3,5,8,16-17,20H,1-2,4,6-7,9-15H2. The number of piperazine rings is 1. The molecule has 2 fully saturated rings. The molecule has 0 spiro atoms. The number of hydrogen-bond acceptors (Lipinski definition) is 5. The first-order valence-electron chi connectivity index (χ1n) is 9.94. The molecule has 0 bridgehead atoms. The van der Waals surface area contributed by atoms with Gasteiger partial charge >= 0.3 is 0 Å². The van der Waals surface area contributed by atoms with Crippen LogP contribution in [0, 0.1) is 5.92 Å². The molecule has 7 nitrogen and oxygen atoms in total. The third-order valence-electron chi connectivity index (χ3n) is 5.55. The van der Waals surface area contributed by atoms with Gasteiger partial charge in [0.15, 0.2) is 0 Å². The molecule has 0 unspecified atom stereocenters. The van der Waals surface area contributed by atoms with Crippen LogP contribution in [0.4, 0.5) is 0 Å².